The van der Waals surface area contributed by atoms with E-state index in [-0.39, 0.29) is 11.7 Å². The van der Waals surface area contributed by atoms with Gasteiger partial charge in [-0.05, 0) is 51.0 Å². The number of carbonyl (C=O) groups is 2. The maximum atomic E-state index is 13.1. The lowest BCUT2D eigenvalue weighted by atomic mass is 9.93. The number of hydrogen-bond donors (Lipinski definition) is 2. The Morgan fingerprint density at radius 2 is 1.74 bits per heavy atom. The van der Waals surface area contributed by atoms with E-state index in [4.69, 9.17) is 13.9 Å². The van der Waals surface area contributed by atoms with Crippen molar-refractivity contribution in [3.05, 3.63) is 76.2 Å². The van der Waals surface area contributed by atoms with Gasteiger partial charge in [-0.2, -0.15) is 5.10 Å². The largest absolute Gasteiger partial charge is 0.497 e. The zero-order valence-corrected chi connectivity index (χ0v) is 19.7. The average molecular weight is 462 g/mol. The number of hydrogen-bond acceptors (Lipinski definition) is 6. The molecular formula is C26H27N3O5. The summed E-state index contributed by atoms with van der Waals surface area (Å²) in [5, 5.41) is 7.23. The van der Waals surface area contributed by atoms with Crippen LogP contribution in [-0.2, 0) is 6.42 Å². The van der Waals surface area contributed by atoms with Crippen LogP contribution < -0.4 is 20.2 Å². The molecule has 2 amide bonds. The van der Waals surface area contributed by atoms with E-state index >= 15 is 0 Å². The molecule has 0 fully saturated rings. The van der Waals surface area contributed by atoms with Crippen LogP contribution in [0.5, 0.6) is 11.5 Å². The van der Waals surface area contributed by atoms with Crippen molar-refractivity contribution in [2.45, 2.75) is 33.1 Å². The van der Waals surface area contributed by atoms with Crippen LogP contribution in [0.1, 0.15) is 56.2 Å². The van der Waals surface area contributed by atoms with Gasteiger partial charge in [-0.15, -0.1) is 0 Å². The van der Waals surface area contributed by atoms with Crippen molar-refractivity contribution in [3.8, 4) is 11.5 Å². The molecule has 34 heavy (non-hydrogen) atoms. The van der Waals surface area contributed by atoms with Crippen molar-refractivity contribution in [1.82, 2.24) is 5.43 Å². The van der Waals surface area contributed by atoms with E-state index in [2.05, 4.69) is 15.8 Å². The first kappa shape index (κ1) is 23.1. The topological polar surface area (TPSA) is 102 Å². The minimum Gasteiger partial charge on any atom is -0.497 e. The second-order valence-electron chi connectivity index (χ2n) is 8.09. The van der Waals surface area contributed by atoms with Gasteiger partial charge in [-0.25, -0.2) is 5.43 Å². The van der Waals surface area contributed by atoms with E-state index in [0.717, 1.165) is 17.5 Å². The number of nitrogens with one attached hydrogen (secondary N) is 2. The molecule has 0 radical (unpaired) electrons. The first-order chi connectivity index (χ1) is 16.4. The number of methoxy groups -OCH3 is 2. The van der Waals surface area contributed by atoms with Gasteiger partial charge in [-0.1, -0.05) is 17.7 Å². The highest BCUT2D eigenvalue weighted by atomic mass is 16.5. The summed E-state index contributed by atoms with van der Waals surface area (Å²) >= 11 is 0. The number of fused-ring (bicyclic) bond motifs is 1. The van der Waals surface area contributed by atoms with Crippen molar-refractivity contribution in [2.75, 3.05) is 19.5 Å². The summed E-state index contributed by atoms with van der Waals surface area (Å²) in [6.45, 7) is 3.79. The molecular weight excluding hydrogens is 434 g/mol. The lowest BCUT2D eigenvalue weighted by molar-refractivity contribution is 0.0953. The summed E-state index contributed by atoms with van der Waals surface area (Å²) < 4.78 is 16.6. The van der Waals surface area contributed by atoms with Crippen LogP contribution in [0.3, 0.4) is 0 Å². The molecule has 3 aromatic rings. The van der Waals surface area contributed by atoms with Crippen molar-refractivity contribution in [2.24, 2.45) is 5.10 Å². The molecule has 8 heteroatoms. The molecule has 1 aliphatic rings. The molecule has 0 unspecified atom stereocenters. The Morgan fingerprint density at radius 1 is 0.971 bits per heavy atom. The second kappa shape index (κ2) is 9.82. The molecule has 0 atom stereocenters. The molecule has 0 saturated carbocycles. The summed E-state index contributed by atoms with van der Waals surface area (Å²) in [7, 11) is 3.08. The van der Waals surface area contributed by atoms with Gasteiger partial charge in [-0.3, -0.25) is 9.59 Å². The van der Waals surface area contributed by atoms with Crippen LogP contribution in [0.25, 0.3) is 0 Å². The zero-order chi connectivity index (χ0) is 24.2. The van der Waals surface area contributed by atoms with Crippen molar-refractivity contribution < 1.29 is 23.5 Å². The zero-order valence-electron chi connectivity index (χ0n) is 19.7. The third kappa shape index (κ3) is 4.66. The van der Waals surface area contributed by atoms with Gasteiger partial charge in [0.2, 0.25) is 0 Å². The number of amides is 2. The van der Waals surface area contributed by atoms with Gasteiger partial charge >= 0.3 is 0 Å². The normalized spacial score (nSPS) is 13.8. The maximum Gasteiger partial charge on any atom is 0.291 e. The minimum atomic E-state index is -0.401. The summed E-state index contributed by atoms with van der Waals surface area (Å²) in [6.07, 6.45) is 2.17. The van der Waals surface area contributed by atoms with Gasteiger partial charge in [0.25, 0.3) is 11.8 Å². The average Bonchev–Trinajstić information content (AvgIpc) is 3.20. The first-order valence-corrected chi connectivity index (χ1v) is 11.0. The number of carbonyl (C=O) groups excluding carboxylic acids is 2. The monoisotopic (exact) mass is 461 g/mol. The molecule has 176 valence electrons. The summed E-state index contributed by atoms with van der Waals surface area (Å²) in [4.78, 5) is 25.6. The van der Waals surface area contributed by atoms with Gasteiger partial charge in [0.05, 0.1) is 25.6 Å². The molecule has 1 aromatic heterocycles. The number of nitrogens with zero attached hydrogens (tertiary/aromatic N) is 1. The molecule has 1 aliphatic carbocycles. The number of furan rings is 1. The van der Waals surface area contributed by atoms with Gasteiger partial charge in [0.1, 0.15) is 17.3 Å². The Morgan fingerprint density at radius 3 is 2.44 bits per heavy atom. The second-order valence-corrected chi connectivity index (χ2v) is 8.09. The first-order valence-electron chi connectivity index (χ1n) is 11.0. The van der Waals surface area contributed by atoms with E-state index in [1.165, 1.54) is 7.11 Å². The van der Waals surface area contributed by atoms with Crippen LogP contribution >= 0.6 is 0 Å². The molecule has 2 aromatic carbocycles. The minimum absolute atomic E-state index is 0.203. The van der Waals surface area contributed by atoms with E-state index < -0.39 is 5.91 Å². The molecule has 8 nitrogen and oxygen atoms in total. The number of ether oxygens (including phenoxy) is 2. The highest BCUT2D eigenvalue weighted by Gasteiger charge is 2.28. The highest BCUT2D eigenvalue weighted by Crippen LogP contribution is 2.32. The van der Waals surface area contributed by atoms with Crippen LogP contribution in [0, 0.1) is 13.8 Å². The van der Waals surface area contributed by atoms with Crippen LogP contribution in [0.15, 0.2) is 52.0 Å². The Hall–Kier alpha value is -4.07. The van der Waals surface area contributed by atoms with Crippen molar-refractivity contribution in [1.29, 1.82) is 0 Å². The quantitative estimate of drug-likeness (QED) is 0.521. The molecule has 0 bridgehead atoms. The summed E-state index contributed by atoms with van der Waals surface area (Å²) in [5.41, 5.74) is 6.87. The highest BCUT2D eigenvalue weighted by molar-refractivity contribution is 6.10. The molecule has 0 saturated heterocycles. The Bertz CT molecular complexity index is 1260. The maximum absolute atomic E-state index is 13.1. The fraction of sp³-hybridized carbons (Fsp3) is 0.269. The predicted molar refractivity (Wildman–Crippen MR) is 129 cm³/mol. The summed E-state index contributed by atoms with van der Waals surface area (Å²) in [5.74, 6) is 1.30. The Balaban J connectivity index is 1.58. The molecule has 2 N–H and O–H groups in total. The molecule has 4 rings (SSSR count). The van der Waals surface area contributed by atoms with Crippen LogP contribution in [-0.4, -0.2) is 31.7 Å². The lowest BCUT2D eigenvalue weighted by Gasteiger charge is -2.13. The molecule has 1 heterocycles. The van der Waals surface area contributed by atoms with Crippen LogP contribution in [0.2, 0.25) is 0 Å². The number of benzene rings is 2. The predicted octanol–water partition coefficient (Wildman–Crippen LogP) is 4.64. The number of hydrazone groups is 1. The standard InChI is InChI=1S/C26H27N3O5/c1-15-8-10-17(11-9-15)25(30)29-28-19-6-5-7-22-23(19)16(2)24(34-22)26(31)27-20-14-18(32-3)12-13-21(20)33-4/h8-14H,5-7H2,1-4H3,(H,27,31)(H,29,30)/b28-19+. The smallest absolute Gasteiger partial charge is 0.291 e. The fourth-order valence-corrected chi connectivity index (χ4v) is 3.98. The number of anilines is 1. The summed E-state index contributed by atoms with van der Waals surface area (Å²) in [6, 6.07) is 12.4. The number of aryl methyl sites for hydroxylation is 2. The third-order valence-electron chi connectivity index (χ3n) is 5.79. The van der Waals surface area contributed by atoms with Gasteiger partial charge < -0.3 is 19.2 Å². The molecule has 0 aliphatic heterocycles. The van der Waals surface area contributed by atoms with Crippen molar-refractivity contribution >= 4 is 23.2 Å². The van der Waals surface area contributed by atoms with E-state index in [1.54, 1.807) is 37.4 Å². The van der Waals surface area contributed by atoms with E-state index in [0.29, 0.717) is 52.6 Å². The lowest BCUT2D eigenvalue weighted by Crippen LogP contribution is -2.22. The third-order valence-corrected chi connectivity index (χ3v) is 5.79. The van der Waals surface area contributed by atoms with E-state index in [1.807, 2.05) is 26.0 Å². The van der Waals surface area contributed by atoms with Gasteiger partial charge in [0.15, 0.2) is 5.76 Å². The SMILES string of the molecule is COc1ccc(OC)c(NC(=O)c2oc3c(c2C)/C(=N/NC(=O)c2ccc(C)cc2)CCC3)c1. The molecule has 0 spiro atoms. The van der Waals surface area contributed by atoms with Crippen molar-refractivity contribution in [3.63, 3.8) is 0 Å². The fourth-order valence-electron chi connectivity index (χ4n) is 3.98. The van der Waals surface area contributed by atoms with E-state index in [9.17, 15) is 9.59 Å². The Kier molecular flexibility index (Phi) is 6.67. The van der Waals surface area contributed by atoms with Crippen LogP contribution in [0.4, 0.5) is 5.69 Å². The van der Waals surface area contributed by atoms with Gasteiger partial charge in [0, 0.05) is 29.2 Å². The number of rotatable bonds is 6. The Labute approximate surface area is 197 Å².